The number of methoxy groups -OCH3 is 1. The van der Waals surface area contributed by atoms with E-state index in [4.69, 9.17) is 26.3 Å². The van der Waals surface area contributed by atoms with E-state index in [1.54, 1.807) is 6.07 Å². The molecule has 0 saturated carbocycles. The molecule has 2 aromatic carbocycles. The summed E-state index contributed by atoms with van der Waals surface area (Å²) < 4.78 is 12.5. The van der Waals surface area contributed by atoms with E-state index >= 15 is 0 Å². The molecule has 0 aromatic heterocycles. The highest BCUT2D eigenvalue weighted by Gasteiger charge is 2.17. The number of halogens is 3. The summed E-state index contributed by atoms with van der Waals surface area (Å²) in [5.74, 6) is 1.04. The van der Waals surface area contributed by atoms with E-state index in [1.165, 1.54) is 13.3 Å². The van der Waals surface area contributed by atoms with Crippen LogP contribution in [0.15, 0.2) is 44.4 Å². The molecule has 0 unspecified atom stereocenters. The number of ether oxygens (including phenoxy) is 2. The molecule has 2 aromatic rings. The predicted molar refractivity (Wildman–Crippen MR) is 93.6 cm³/mol. The van der Waals surface area contributed by atoms with Crippen molar-refractivity contribution in [2.24, 2.45) is 5.16 Å². The van der Waals surface area contributed by atoms with Crippen molar-refractivity contribution < 1.29 is 14.7 Å². The first-order valence-electron chi connectivity index (χ1n) is 6.18. The lowest BCUT2D eigenvalue weighted by molar-refractivity contribution is 0.282. The molecule has 1 N–H and O–H groups in total. The van der Waals surface area contributed by atoms with E-state index < -0.39 is 0 Å². The fourth-order valence-electron chi connectivity index (χ4n) is 1.81. The lowest BCUT2D eigenvalue weighted by Crippen LogP contribution is -2.01. The SMILES string of the molecule is COc1cc(/C=N/O)c(Br)c(Br)c1OCc1ccccc1Cl. The maximum Gasteiger partial charge on any atom is 0.177 e. The van der Waals surface area contributed by atoms with Crippen molar-refractivity contribution in [2.45, 2.75) is 6.61 Å². The summed E-state index contributed by atoms with van der Waals surface area (Å²) in [6, 6.07) is 9.17. The van der Waals surface area contributed by atoms with Crippen LogP contribution in [0.2, 0.25) is 5.02 Å². The summed E-state index contributed by atoms with van der Waals surface area (Å²) in [5.41, 5.74) is 1.52. The monoisotopic (exact) mass is 447 g/mol. The predicted octanol–water partition coefficient (Wildman–Crippen LogP) is 5.26. The molecular weight excluding hydrogens is 437 g/mol. The van der Waals surface area contributed by atoms with Gasteiger partial charge in [0.15, 0.2) is 11.5 Å². The Morgan fingerprint density at radius 1 is 1.27 bits per heavy atom. The van der Waals surface area contributed by atoms with Gasteiger partial charge in [-0.2, -0.15) is 0 Å². The lowest BCUT2D eigenvalue weighted by Gasteiger charge is -2.15. The minimum atomic E-state index is 0.300. The largest absolute Gasteiger partial charge is 0.493 e. The molecule has 0 saturated heterocycles. The third-order valence-electron chi connectivity index (χ3n) is 2.90. The highest BCUT2D eigenvalue weighted by Crippen LogP contribution is 2.42. The average molecular weight is 450 g/mol. The van der Waals surface area contributed by atoms with Crippen molar-refractivity contribution in [3.8, 4) is 11.5 Å². The van der Waals surface area contributed by atoms with Crippen molar-refractivity contribution in [1.82, 2.24) is 0 Å². The van der Waals surface area contributed by atoms with Crippen molar-refractivity contribution in [3.05, 3.63) is 55.4 Å². The second-order valence-corrected chi connectivity index (χ2v) is 6.24. The standard InChI is InChI=1S/C15H12Br2ClNO3/c1-21-12-6-10(7-19-20)13(16)14(17)15(12)22-8-9-4-2-3-5-11(9)18/h2-7,20H,8H2,1H3/b19-7+. The fraction of sp³-hybridized carbons (Fsp3) is 0.133. The normalized spacial score (nSPS) is 10.9. The summed E-state index contributed by atoms with van der Waals surface area (Å²) in [6.45, 7) is 0.300. The maximum atomic E-state index is 8.70. The van der Waals surface area contributed by atoms with Crippen LogP contribution in [0.1, 0.15) is 11.1 Å². The van der Waals surface area contributed by atoms with Gasteiger partial charge in [-0.3, -0.25) is 0 Å². The summed E-state index contributed by atoms with van der Waals surface area (Å²) in [5, 5.41) is 12.4. The number of hydrogen-bond acceptors (Lipinski definition) is 4. The van der Waals surface area contributed by atoms with Gasteiger partial charge in [-0.05, 0) is 44.0 Å². The Labute approximate surface area is 149 Å². The zero-order valence-corrected chi connectivity index (χ0v) is 15.4. The topological polar surface area (TPSA) is 51.0 Å². The van der Waals surface area contributed by atoms with E-state index in [1.807, 2.05) is 24.3 Å². The molecule has 0 aliphatic heterocycles. The van der Waals surface area contributed by atoms with Gasteiger partial charge in [0.25, 0.3) is 0 Å². The average Bonchev–Trinajstić information content (AvgIpc) is 2.52. The Hall–Kier alpha value is -1.24. The molecule has 22 heavy (non-hydrogen) atoms. The fourth-order valence-corrected chi connectivity index (χ4v) is 2.94. The van der Waals surface area contributed by atoms with Gasteiger partial charge in [-0.25, -0.2) is 0 Å². The smallest absolute Gasteiger partial charge is 0.177 e. The van der Waals surface area contributed by atoms with Gasteiger partial charge in [0, 0.05) is 20.6 Å². The first kappa shape index (κ1) is 17.1. The van der Waals surface area contributed by atoms with E-state index in [0.29, 0.717) is 37.6 Å². The molecule has 0 radical (unpaired) electrons. The van der Waals surface area contributed by atoms with Crippen molar-refractivity contribution in [3.63, 3.8) is 0 Å². The van der Waals surface area contributed by atoms with Crippen LogP contribution in [0, 0.1) is 0 Å². The highest BCUT2D eigenvalue weighted by atomic mass is 79.9. The molecule has 2 rings (SSSR count). The second-order valence-electron chi connectivity index (χ2n) is 4.25. The minimum absolute atomic E-state index is 0.300. The quantitative estimate of drug-likeness (QED) is 0.385. The molecule has 0 aliphatic carbocycles. The Morgan fingerprint density at radius 3 is 2.64 bits per heavy atom. The number of benzene rings is 2. The summed E-state index contributed by atoms with van der Waals surface area (Å²) in [6.07, 6.45) is 1.30. The molecule has 116 valence electrons. The van der Waals surface area contributed by atoms with E-state index in [-0.39, 0.29) is 0 Å². The van der Waals surface area contributed by atoms with Gasteiger partial charge in [-0.1, -0.05) is 35.0 Å². The summed E-state index contributed by atoms with van der Waals surface area (Å²) in [4.78, 5) is 0. The first-order chi connectivity index (χ1) is 10.6. The Morgan fingerprint density at radius 2 is 2.00 bits per heavy atom. The molecule has 0 aliphatic rings. The third-order valence-corrected chi connectivity index (χ3v) is 5.41. The van der Waals surface area contributed by atoms with Crippen LogP contribution in [-0.4, -0.2) is 18.5 Å². The molecule has 0 fully saturated rings. The number of rotatable bonds is 5. The van der Waals surface area contributed by atoms with Gasteiger partial charge >= 0.3 is 0 Å². The maximum absolute atomic E-state index is 8.70. The molecule has 7 heteroatoms. The number of oxime groups is 1. The number of nitrogens with zero attached hydrogens (tertiary/aromatic N) is 1. The summed E-state index contributed by atoms with van der Waals surface area (Å²) >= 11 is 13.0. The Kier molecular flexibility index (Phi) is 6.11. The molecule has 0 amide bonds. The highest BCUT2D eigenvalue weighted by molar-refractivity contribution is 9.13. The van der Waals surface area contributed by atoms with Gasteiger partial charge in [0.05, 0.1) is 17.8 Å². The van der Waals surface area contributed by atoms with Crippen LogP contribution in [0.25, 0.3) is 0 Å². The summed E-state index contributed by atoms with van der Waals surface area (Å²) in [7, 11) is 1.54. The van der Waals surface area contributed by atoms with Crippen molar-refractivity contribution in [2.75, 3.05) is 7.11 Å². The van der Waals surface area contributed by atoms with E-state index in [2.05, 4.69) is 37.0 Å². The van der Waals surface area contributed by atoms with Crippen LogP contribution >= 0.6 is 43.5 Å². The first-order valence-corrected chi connectivity index (χ1v) is 8.14. The molecule has 0 heterocycles. The van der Waals surface area contributed by atoms with Crippen LogP contribution in [0.3, 0.4) is 0 Å². The van der Waals surface area contributed by atoms with Gasteiger partial charge in [0.2, 0.25) is 0 Å². The van der Waals surface area contributed by atoms with Gasteiger partial charge in [-0.15, -0.1) is 0 Å². The minimum Gasteiger partial charge on any atom is -0.493 e. The molecule has 0 spiro atoms. The molecule has 0 bridgehead atoms. The Balaban J connectivity index is 2.34. The second kappa shape index (κ2) is 7.85. The molecule has 0 atom stereocenters. The van der Waals surface area contributed by atoms with Gasteiger partial charge in [0.1, 0.15) is 6.61 Å². The van der Waals surface area contributed by atoms with Crippen LogP contribution in [0.4, 0.5) is 0 Å². The van der Waals surface area contributed by atoms with Gasteiger partial charge < -0.3 is 14.7 Å². The zero-order chi connectivity index (χ0) is 16.1. The Bertz CT molecular complexity index is 707. The number of hydrogen-bond donors (Lipinski definition) is 1. The molecule has 4 nitrogen and oxygen atoms in total. The van der Waals surface area contributed by atoms with E-state index in [0.717, 1.165) is 5.56 Å². The lowest BCUT2D eigenvalue weighted by atomic mass is 10.2. The third kappa shape index (κ3) is 3.74. The van der Waals surface area contributed by atoms with Crippen LogP contribution in [0.5, 0.6) is 11.5 Å². The zero-order valence-electron chi connectivity index (χ0n) is 11.5. The van der Waals surface area contributed by atoms with Crippen LogP contribution in [-0.2, 0) is 6.61 Å². The van der Waals surface area contributed by atoms with Crippen LogP contribution < -0.4 is 9.47 Å². The van der Waals surface area contributed by atoms with E-state index in [9.17, 15) is 0 Å². The van der Waals surface area contributed by atoms with Crippen molar-refractivity contribution in [1.29, 1.82) is 0 Å². The molecular formula is C15H12Br2ClNO3. The van der Waals surface area contributed by atoms with Crippen molar-refractivity contribution >= 4 is 49.7 Å².